The molecule has 1 aliphatic heterocycles. The van der Waals surface area contributed by atoms with E-state index < -0.39 is 0 Å². The SMILES string of the molecule is CCCCC1(CC)CN=C(N)N1c1ccccc1. The molecule has 1 aliphatic rings. The molecule has 1 unspecified atom stereocenters. The third-order valence-electron chi connectivity index (χ3n) is 3.91. The molecular formula is C15H23N3. The number of nitrogens with two attached hydrogens (primary N) is 1. The minimum Gasteiger partial charge on any atom is -0.369 e. The van der Waals surface area contributed by atoms with Gasteiger partial charge in [-0.15, -0.1) is 0 Å². The number of anilines is 1. The van der Waals surface area contributed by atoms with Crippen LogP contribution in [0.3, 0.4) is 0 Å². The van der Waals surface area contributed by atoms with Gasteiger partial charge in [0, 0.05) is 5.69 Å². The highest BCUT2D eigenvalue weighted by Crippen LogP contribution is 2.35. The lowest BCUT2D eigenvalue weighted by atomic mass is 9.88. The maximum absolute atomic E-state index is 6.11. The summed E-state index contributed by atoms with van der Waals surface area (Å²) >= 11 is 0. The molecule has 1 heterocycles. The van der Waals surface area contributed by atoms with Crippen molar-refractivity contribution < 1.29 is 0 Å². The van der Waals surface area contributed by atoms with Crippen LogP contribution in [-0.4, -0.2) is 18.0 Å². The van der Waals surface area contributed by atoms with Crippen LogP contribution in [0.2, 0.25) is 0 Å². The predicted molar refractivity (Wildman–Crippen MR) is 78.0 cm³/mol. The summed E-state index contributed by atoms with van der Waals surface area (Å²) in [6.45, 7) is 5.29. The summed E-state index contributed by atoms with van der Waals surface area (Å²) in [5.74, 6) is 0.666. The third kappa shape index (κ3) is 2.22. The Morgan fingerprint density at radius 3 is 2.61 bits per heavy atom. The molecule has 18 heavy (non-hydrogen) atoms. The average molecular weight is 245 g/mol. The van der Waals surface area contributed by atoms with Gasteiger partial charge in [-0.2, -0.15) is 0 Å². The van der Waals surface area contributed by atoms with Crippen LogP contribution < -0.4 is 10.6 Å². The molecule has 0 bridgehead atoms. The van der Waals surface area contributed by atoms with Crippen molar-refractivity contribution in [3.63, 3.8) is 0 Å². The fourth-order valence-electron chi connectivity index (χ4n) is 2.74. The van der Waals surface area contributed by atoms with Crippen LogP contribution in [-0.2, 0) is 0 Å². The molecule has 2 N–H and O–H groups in total. The Morgan fingerprint density at radius 1 is 1.28 bits per heavy atom. The van der Waals surface area contributed by atoms with E-state index in [1.165, 1.54) is 12.8 Å². The molecule has 0 saturated carbocycles. The van der Waals surface area contributed by atoms with E-state index in [1.807, 2.05) is 6.07 Å². The van der Waals surface area contributed by atoms with Gasteiger partial charge in [-0.1, -0.05) is 44.9 Å². The van der Waals surface area contributed by atoms with E-state index in [2.05, 4.69) is 48.0 Å². The molecule has 98 valence electrons. The van der Waals surface area contributed by atoms with E-state index in [1.54, 1.807) is 0 Å². The lowest BCUT2D eigenvalue weighted by Crippen LogP contribution is -2.51. The summed E-state index contributed by atoms with van der Waals surface area (Å²) in [6, 6.07) is 10.4. The highest BCUT2D eigenvalue weighted by Gasteiger charge is 2.40. The summed E-state index contributed by atoms with van der Waals surface area (Å²) in [5, 5.41) is 0. The molecule has 3 nitrogen and oxygen atoms in total. The maximum atomic E-state index is 6.11. The molecular weight excluding hydrogens is 222 g/mol. The molecule has 0 saturated heterocycles. The average Bonchev–Trinajstić information content (AvgIpc) is 2.75. The van der Waals surface area contributed by atoms with Gasteiger partial charge in [0.15, 0.2) is 5.96 Å². The molecule has 0 amide bonds. The van der Waals surface area contributed by atoms with E-state index in [0.717, 1.165) is 25.1 Å². The van der Waals surface area contributed by atoms with Gasteiger partial charge in [-0.25, -0.2) is 0 Å². The van der Waals surface area contributed by atoms with E-state index in [-0.39, 0.29) is 5.54 Å². The minimum atomic E-state index is 0.0848. The van der Waals surface area contributed by atoms with E-state index in [0.29, 0.717) is 5.96 Å². The van der Waals surface area contributed by atoms with Crippen molar-refractivity contribution in [2.75, 3.05) is 11.4 Å². The van der Waals surface area contributed by atoms with Gasteiger partial charge in [0.1, 0.15) is 0 Å². The number of guanidine groups is 1. The number of rotatable bonds is 5. The first-order valence-electron chi connectivity index (χ1n) is 6.88. The number of nitrogens with zero attached hydrogens (tertiary/aromatic N) is 2. The minimum absolute atomic E-state index is 0.0848. The molecule has 3 heteroatoms. The number of hydrogen-bond acceptors (Lipinski definition) is 3. The Balaban J connectivity index is 2.31. The zero-order valence-electron chi connectivity index (χ0n) is 11.4. The molecule has 0 spiro atoms. The molecule has 0 radical (unpaired) electrons. The number of aliphatic imine (C=N–C) groups is 1. The third-order valence-corrected chi connectivity index (χ3v) is 3.91. The number of para-hydroxylation sites is 1. The summed E-state index contributed by atoms with van der Waals surface area (Å²) < 4.78 is 0. The Morgan fingerprint density at radius 2 is 2.00 bits per heavy atom. The molecule has 1 aromatic rings. The van der Waals surface area contributed by atoms with Crippen LogP contribution in [0.25, 0.3) is 0 Å². The Kier molecular flexibility index (Phi) is 3.90. The molecule has 0 fully saturated rings. The zero-order valence-corrected chi connectivity index (χ0v) is 11.4. The zero-order chi connectivity index (χ0) is 13.0. The van der Waals surface area contributed by atoms with Crippen LogP contribution in [0.1, 0.15) is 39.5 Å². The fourth-order valence-corrected chi connectivity index (χ4v) is 2.74. The lowest BCUT2D eigenvalue weighted by Gasteiger charge is -2.39. The topological polar surface area (TPSA) is 41.6 Å². The summed E-state index contributed by atoms with van der Waals surface area (Å²) in [7, 11) is 0. The van der Waals surface area contributed by atoms with Gasteiger partial charge in [-0.05, 0) is 25.0 Å². The molecule has 1 atom stereocenters. The van der Waals surface area contributed by atoms with Crippen molar-refractivity contribution in [1.82, 2.24) is 0 Å². The largest absolute Gasteiger partial charge is 0.369 e. The van der Waals surface area contributed by atoms with Crippen LogP contribution in [0.5, 0.6) is 0 Å². The Bertz CT molecular complexity index is 413. The maximum Gasteiger partial charge on any atom is 0.196 e. The Labute approximate surface area is 110 Å². The lowest BCUT2D eigenvalue weighted by molar-refractivity contribution is 0.394. The molecule has 0 aromatic heterocycles. The standard InChI is InChI=1S/C15H23N3/c1-3-5-11-15(4-2)12-17-14(16)18(15)13-9-7-6-8-10-13/h6-10H,3-5,11-12H2,1-2H3,(H2,16,17). The second kappa shape index (κ2) is 5.42. The van der Waals surface area contributed by atoms with Crippen LogP contribution in [0, 0.1) is 0 Å². The van der Waals surface area contributed by atoms with E-state index in [9.17, 15) is 0 Å². The monoisotopic (exact) mass is 245 g/mol. The van der Waals surface area contributed by atoms with Gasteiger partial charge in [-0.3, -0.25) is 4.99 Å². The summed E-state index contributed by atoms with van der Waals surface area (Å²) in [6.07, 6.45) is 4.66. The number of hydrogen-bond donors (Lipinski definition) is 1. The molecule has 0 aliphatic carbocycles. The van der Waals surface area contributed by atoms with Crippen LogP contribution in [0.15, 0.2) is 35.3 Å². The van der Waals surface area contributed by atoms with Crippen LogP contribution in [0.4, 0.5) is 5.69 Å². The van der Waals surface area contributed by atoms with E-state index in [4.69, 9.17) is 5.73 Å². The first-order valence-corrected chi connectivity index (χ1v) is 6.88. The van der Waals surface area contributed by atoms with Crippen molar-refractivity contribution in [2.24, 2.45) is 10.7 Å². The van der Waals surface area contributed by atoms with E-state index >= 15 is 0 Å². The van der Waals surface area contributed by atoms with Gasteiger partial charge < -0.3 is 10.6 Å². The van der Waals surface area contributed by atoms with Gasteiger partial charge in [0.2, 0.25) is 0 Å². The van der Waals surface area contributed by atoms with Crippen LogP contribution >= 0.6 is 0 Å². The smallest absolute Gasteiger partial charge is 0.196 e. The van der Waals surface area contributed by atoms with Crippen molar-refractivity contribution >= 4 is 11.6 Å². The highest BCUT2D eigenvalue weighted by atomic mass is 15.4. The summed E-state index contributed by atoms with van der Waals surface area (Å²) in [4.78, 5) is 6.73. The second-order valence-electron chi connectivity index (χ2n) is 5.03. The van der Waals surface area contributed by atoms with Gasteiger partial charge in [0.25, 0.3) is 0 Å². The second-order valence-corrected chi connectivity index (χ2v) is 5.03. The van der Waals surface area contributed by atoms with Crippen molar-refractivity contribution in [1.29, 1.82) is 0 Å². The summed E-state index contributed by atoms with van der Waals surface area (Å²) in [5.41, 5.74) is 7.36. The quantitative estimate of drug-likeness (QED) is 0.865. The first-order chi connectivity index (χ1) is 8.73. The number of unbranched alkanes of at least 4 members (excludes halogenated alkanes) is 1. The van der Waals surface area contributed by atoms with Crippen molar-refractivity contribution in [3.8, 4) is 0 Å². The first kappa shape index (κ1) is 12.9. The highest BCUT2D eigenvalue weighted by molar-refractivity contribution is 5.98. The molecule has 2 rings (SSSR count). The van der Waals surface area contributed by atoms with Crippen molar-refractivity contribution in [2.45, 2.75) is 45.1 Å². The fraction of sp³-hybridized carbons (Fsp3) is 0.533. The van der Waals surface area contributed by atoms with Gasteiger partial charge >= 0.3 is 0 Å². The normalized spacial score (nSPS) is 23.2. The molecule has 1 aromatic carbocycles. The predicted octanol–water partition coefficient (Wildman–Crippen LogP) is 3.16. The number of benzene rings is 1. The van der Waals surface area contributed by atoms with Gasteiger partial charge in [0.05, 0.1) is 12.1 Å². The van der Waals surface area contributed by atoms with Crippen molar-refractivity contribution in [3.05, 3.63) is 30.3 Å². The Hall–Kier alpha value is -1.51.